The zero-order valence-electron chi connectivity index (χ0n) is 12.6. The van der Waals surface area contributed by atoms with Gasteiger partial charge in [0, 0.05) is 22.8 Å². The third kappa shape index (κ3) is 2.60. The summed E-state index contributed by atoms with van der Waals surface area (Å²) < 4.78 is 3.15. The van der Waals surface area contributed by atoms with Gasteiger partial charge in [0.25, 0.3) is 0 Å². The summed E-state index contributed by atoms with van der Waals surface area (Å²) in [5.41, 5.74) is 2.04. The zero-order chi connectivity index (χ0) is 15.2. The predicted molar refractivity (Wildman–Crippen MR) is 89.8 cm³/mol. The van der Waals surface area contributed by atoms with Crippen molar-refractivity contribution in [2.45, 2.75) is 43.6 Å². The van der Waals surface area contributed by atoms with Gasteiger partial charge in [0.1, 0.15) is 11.3 Å². The smallest absolute Gasteiger partial charge is 0.160 e. The van der Waals surface area contributed by atoms with Gasteiger partial charge < -0.3 is 9.47 Å². The van der Waals surface area contributed by atoms with Crippen molar-refractivity contribution in [2.24, 2.45) is 0 Å². The zero-order valence-corrected chi connectivity index (χ0v) is 14.9. The Morgan fingerprint density at radius 2 is 2.19 bits per heavy atom. The van der Waals surface area contributed by atoms with Crippen LogP contribution in [-0.4, -0.2) is 39.1 Å². The second-order valence-corrected chi connectivity index (χ2v) is 7.71. The maximum atomic E-state index is 6.35. The van der Waals surface area contributed by atoms with E-state index in [4.69, 9.17) is 16.6 Å². The number of nitrogens with zero attached hydrogens (tertiary/aromatic N) is 4. The molecule has 1 saturated carbocycles. The first-order valence-electron chi connectivity index (χ1n) is 7.26. The van der Waals surface area contributed by atoms with Gasteiger partial charge >= 0.3 is 0 Å². The number of hydrogen-bond acceptors (Lipinski definition) is 3. The van der Waals surface area contributed by atoms with Gasteiger partial charge in [0.15, 0.2) is 5.65 Å². The van der Waals surface area contributed by atoms with Crippen LogP contribution in [-0.2, 0) is 6.54 Å². The quantitative estimate of drug-likeness (QED) is 0.762. The van der Waals surface area contributed by atoms with E-state index in [0.29, 0.717) is 0 Å². The highest BCUT2D eigenvalue weighted by Gasteiger charge is 2.40. The van der Waals surface area contributed by atoms with Gasteiger partial charge in [0.05, 0.1) is 5.38 Å². The van der Waals surface area contributed by atoms with Gasteiger partial charge in [-0.1, -0.05) is 0 Å². The van der Waals surface area contributed by atoms with Gasteiger partial charge in [-0.2, -0.15) is 0 Å². The average molecular weight is 372 g/mol. The lowest BCUT2D eigenvalue weighted by Crippen LogP contribution is -2.53. The van der Waals surface area contributed by atoms with Crippen molar-refractivity contribution < 1.29 is 0 Å². The Labute approximate surface area is 138 Å². The number of rotatable bonds is 4. The fraction of sp³-hybridized carbons (Fsp3) is 0.600. The molecule has 6 heteroatoms. The summed E-state index contributed by atoms with van der Waals surface area (Å²) in [7, 11) is 4.32. The summed E-state index contributed by atoms with van der Waals surface area (Å²) in [6.45, 7) is 2.87. The molecule has 0 N–H and O–H groups in total. The molecule has 0 aromatic carbocycles. The predicted octanol–water partition coefficient (Wildman–Crippen LogP) is 3.98. The van der Waals surface area contributed by atoms with Crippen LogP contribution >= 0.6 is 27.5 Å². The summed E-state index contributed by atoms with van der Waals surface area (Å²) in [5.74, 6) is 0.908. The molecule has 2 aromatic rings. The van der Waals surface area contributed by atoms with Gasteiger partial charge in [-0.25, -0.2) is 9.97 Å². The van der Waals surface area contributed by atoms with Crippen LogP contribution in [0.5, 0.6) is 0 Å². The minimum atomic E-state index is -0.128. The Balaban J connectivity index is 2.09. The van der Waals surface area contributed by atoms with E-state index in [1.54, 1.807) is 0 Å². The molecule has 0 saturated heterocycles. The van der Waals surface area contributed by atoms with E-state index < -0.39 is 0 Å². The molecule has 1 fully saturated rings. The first kappa shape index (κ1) is 15.3. The molecule has 0 spiro atoms. The summed E-state index contributed by atoms with van der Waals surface area (Å²) >= 11 is 9.81. The van der Waals surface area contributed by atoms with Gasteiger partial charge in [0.2, 0.25) is 0 Å². The van der Waals surface area contributed by atoms with E-state index in [0.717, 1.165) is 28.0 Å². The van der Waals surface area contributed by atoms with Crippen LogP contribution in [0.2, 0.25) is 0 Å². The topological polar surface area (TPSA) is 34.0 Å². The Hall–Kier alpha value is -0.650. The number of imidazole rings is 1. The maximum absolute atomic E-state index is 6.35. The lowest BCUT2D eigenvalue weighted by Gasteiger charge is -2.47. The normalized spacial score (nSPS) is 19.0. The second kappa shape index (κ2) is 5.52. The van der Waals surface area contributed by atoms with Crippen LogP contribution < -0.4 is 0 Å². The Kier molecular flexibility index (Phi) is 4.01. The van der Waals surface area contributed by atoms with Crippen molar-refractivity contribution in [1.82, 2.24) is 19.4 Å². The summed E-state index contributed by atoms with van der Waals surface area (Å²) in [6.07, 6.45) is 5.54. The monoisotopic (exact) mass is 370 g/mol. The number of halogens is 2. The van der Waals surface area contributed by atoms with Crippen LogP contribution in [0.15, 0.2) is 16.7 Å². The van der Waals surface area contributed by atoms with Crippen LogP contribution in [0.4, 0.5) is 0 Å². The van der Waals surface area contributed by atoms with Crippen molar-refractivity contribution in [3.63, 3.8) is 0 Å². The first-order valence-corrected chi connectivity index (χ1v) is 8.49. The highest BCUT2D eigenvalue weighted by atomic mass is 79.9. The molecule has 2 aromatic heterocycles. The highest BCUT2D eigenvalue weighted by Crippen LogP contribution is 2.39. The standard InChI is InChI=1S/C15H20BrClN4/c1-10(17)13-19-12-7-11(16)8-18-14(12)21(13)9-15(20(2)3)5-4-6-15/h7-8,10H,4-6,9H2,1-3H3. The van der Waals surface area contributed by atoms with Crippen LogP contribution in [0.3, 0.4) is 0 Å². The average Bonchev–Trinajstić information content (AvgIpc) is 2.71. The highest BCUT2D eigenvalue weighted by molar-refractivity contribution is 9.10. The lowest BCUT2D eigenvalue weighted by atomic mass is 9.75. The first-order chi connectivity index (χ1) is 9.93. The van der Waals surface area contributed by atoms with Crippen LogP contribution in [0.1, 0.15) is 37.4 Å². The number of pyridine rings is 1. The maximum Gasteiger partial charge on any atom is 0.160 e. The number of likely N-dealkylation sites (N-methyl/N-ethyl adjacent to an activating group) is 1. The van der Waals surface area contributed by atoms with Gasteiger partial charge in [-0.05, 0) is 62.3 Å². The third-order valence-electron chi connectivity index (χ3n) is 4.62. The van der Waals surface area contributed by atoms with E-state index >= 15 is 0 Å². The number of hydrogen-bond donors (Lipinski definition) is 0. The molecular formula is C15H20BrClN4. The van der Waals surface area contributed by atoms with Crippen LogP contribution in [0, 0.1) is 0 Å². The van der Waals surface area contributed by atoms with Crippen LogP contribution in [0.25, 0.3) is 11.2 Å². The van der Waals surface area contributed by atoms with Gasteiger partial charge in [-0.3, -0.25) is 0 Å². The van der Waals surface area contributed by atoms with E-state index in [-0.39, 0.29) is 10.9 Å². The van der Waals surface area contributed by atoms with E-state index in [2.05, 4.69) is 44.5 Å². The minimum absolute atomic E-state index is 0.128. The molecule has 0 aliphatic heterocycles. The molecule has 0 amide bonds. The summed E-state index contributed by atoms with van der Waals surface area (Å²) in [5, 5.41) is -0.128. The number of aromatic nitrogens is 3. The molecule has 1 aliphatic rings. The molecular weight excluding hydrogens is 352 g/mol. The molecule has 0 radical (unpaired) electrons. The fourth-order valence-electron chi connectivity index (χ4n) is 3.09. The third-order valence-corrected chi connectivity index (χ3v) is 5.25. The van der Waals surface area contributed by atoms with E-state index in [9.17, 15) is 0 Å². The molecule has 0 bridgehead atoms. The van der Waals surface area contributed by atoms with Crippen molar-refractivity contribution in [2.75, 3.05) is 14.1 Å². The van der Waals surface area contributed by atoms with Crippen molar-refractivity contribution >= 4 is 38.7 Å². The summed E-state index contributed by atoms with van der Waals surface area (Å²) in [6, 6.07) is 2.00. The Morgan fingerprint density at radius 3 is 2.71 bits per heavy atom. The largest absolute Gasteiger partial charge is 0.310 e. The molecule has 1 atom stereocenters. The van der Waals surface area contributed by atoms with Crippen molar-refractivity contribution in [1.29, 1.82) is 0 Å². The molecule has 1 aliphatic carbocycles. The summed E-state index contributed by atoms with van der Waals surface area (Å²) in [4.78, 5) is 11.6. The van der Waals surface area contributed by atoms with E-state index in [1.165, 1.54) is 19.3 Å². The molecule has 1 unspecified atom stereocenters. The Bertz CT molecular complexity index is 661. The molecule has 2 heterocycles. The number of alkyl halides is 1. The second-order valence-electron chi connectivity index (χ2n) is 6.14. The molecule has 4 nitrogen and oxygen atoms in total. The minimum Gasteiger partial charge on any atom is -0.310 e. The SMILES string of the molecule is CC(Cl)c1nc2cc(Br)cnc2n1CC1(N(C)C)CCC1. The molecule has 3 rings (SSSR count). The molecule has 21 heavy (non-hydrogen) atoms. The number of fused-ring (bicyclic) bond motifs is 1. The fourth-order valence-corrected chi connectivity index (χ4v) is 3.58. The molecule has 114 valence electrons. The van der Waals surface area contributed by atoms with Crippen molar-refractivity contribution in [3.05, 3.63) is 22.6 Å². The lowest BCUT2D eigenvalue weighted by molar-refractivity contribution is 0.0426. The Morgan fingerprint density at radius 1 is 1.48 bits per heavy atom. The van der Waals surface area contributed by atoms with Gasteiger partial charge in [-0.15, -0.1) is 11.6 Å². The van der Waals surface area contributed by atoms with E-state index in [1.807, 2.05) is 19.2 Å². The van der Waals surface area contributed by atoms with Crippen molar-refractivity contribution in [3.8, 4) is 0 Å².